The summed E-state index contributed by atoms with van der Waals surface area (Å²) in [5, 5.41) is 2.90. The maximum Gasteiger partial charge on any atom is 0.240 e. The Labute approximate surface area is 143 Å². The summed E-state index contributed by atoms with van der Waals surface area (Å²) in [7, 11) is 4.68. The van der Waals surface area contributed by atoms with Crippen LogP contribution in [0.5, 0.6) is 17.2 Å². The Kier molecular flexibility index (Phi) is 6.97. The van der Waals surface area contributed by atoms with Crippen LogP contribution in [0.15, 0.2) is 12.1 Å². The van der Waals surface area contributed by atoms with E-state index in [1.807, 2.05) is 6.07 Å². The number of ether oxygens (including phenoxy) is 3. The normalized spacial score (nSPS) is 15.5. The molecule has 7 heteroatoms. The minimum atomic E-state index is -0.732. The molecule has 0 heterocycles. The van der Waals surface area contributed by atoms with Crippen LogP contribution in [-0.2, 0) is 11.3 Å². The number of nitrogens with one attached hydrogen (secondary N) is 1. The first-order valence-corrected chi connectivity index (χ1v) is 7.40. The first-order valence-electron chi connectivity index (χ1n) is 7.40. The maximum absolute atomic E-state index is 12.3. The van der Waals surface area contributed by atoms with Crippen molar-refractivity contribution in [3.63, 3.8) is 0 Å². The highest BCUT2D eigenvalue weighted by atomic mass is 35.5. The molecular weight excluding hydrogens is 320 g/mol. The minimum Gasteiger partial charge on any atom is -0.493 e. The van der Waals surface area contributed by atoms with E-state index in [9.17, 15) is 4.79 Å². The Morgan fingerprint density at radius 3 is 2.26 bits per heavy atom. The molecule has 1 amide bonds. The van der Waals surface area contributed by atoms with Crippen molar-refractivity contribution in [1.29, 1.82) is 0 Å². The number of halogens is 1. The van der Waals surface area contributed by atoms with Gasteiger partial charge in [-0.2, -0.15) is 0 Å². The van der Waals surface area contributed by atoms with Crippen LogP contribution in [0, 0.1) is 0 Å². The zero-order chi connectivity index (χ0) is 16.2. The van der Waals surface area contributed by atoms with Gasteiger partial charge in [0.15, 0.2) is 11.5 Å². The summed E-state index contributed by atoms with van der Waals surface area (Å²) in [6, 6.07) is 3.63. The fraction of sp³-hybridized carbons (Fsp3) is 0.562. The van der Waals surface area contributed by atoms with E-state index in [-0.39, 0.29) is 18.3 Å². The lowest BCUT2D eigenvalue weighted by Crippen LogP contribution is -2.51. The van der Waals surface area contributed by atoms with E-state index in [4.69, 9.17) is 19.9 Å². The zero-order valence-corrected chi connectivity index (χ0v) is 14.6. The molecule has 0 bridgehead atoms. The Morgan fingerprint density at radius 2 is 1.74 bits per heavy atom. The van der Waals surface area contributed by atoms with Crippen molar-refractivity contribution < 1.29 is 19.0 Å². The van der Waals surface area contributed by atoms with Gasteiger partial charge in [-0.1, -0.05) is 12.8 Å². The molecule has 130 valence electrons. The van der Waals surface area contributed by atoms with Gasteiger partial charge in [0.05, 0.1) is 26.9 Å². The number of rotatable bonds is 6. The summed E-state index contributed by atoms with van der Waals surface area (Å²) in [5.41, 5.74) is 6.23. The summed E-state index contributed by atoms with van der Waals surface area (Å²) in [4.78, 5) is 12.3. The minimum absolute atomic E-state index is 0. The van der Waals surface area contributed by atoms with Crippen LogP contribution < -0.4 is 25.3 Å². The first-order chi connectivity index (χ1) is 10.6. The fourth-order valence-electron chi connectivity index (χ4n) is 2.89. The number of amides is 1. The monoisotopic (exact) mass is 344 g/mol. The Morgan fingerprint density at radius 1 is 1.13 bits per heavy atom. The molecule has 0 atom stereocenters. The average molecular weight is 345 g/mol. The molecule has 1 aromatic rings. The lowest BCUT2D eigenvalue weighted by atomic mass is 9.98. The molecule has 1 saturated carbocycles. The highest BCUT2D eigenvalue weighted by molar-refractivity contribution is 5.86. The second-order valence-corrected chi connectivity index (χ2v) is 5.54. The number of nitrogens with two attached hydrogens (primary N) is 1. The summed E-state index contributed by atoms with van der Waals surface area (Å²) in [6.07, 6.45) is 3.48. The Hall–Kier alpha value is -1.66. The topological polar surface area (TPSA) is 82.8 Å². The van der Waals surface area contributed by atoms with Crippen molar-refractivity contribution in [3.05, 3.63) is 17.7 Å². The van der Waals surface area contributed by atoms with Gasteiger partial charge in [-0.3, -0.25) is 4.79 Å². The number of carbonyl (C=O) groups excluding carboxylic acids is 1. The largest absolute Gasteiger partial charge is 0.493 e. The molecule has 2 rings (SSSR count). The van der Waals surface area contributed by atoms with Crippen molar-refractivity contribution in [3.8, 4) is 17.2 Å². The van der Waals surface area contributed by atoms with Gasteiger partial charge >= 0.3 is 0 Å². The predicted octanol–water partition coefficient (Wildman–Crippen LogP) is 2.02. The second-order valence-electron chi connectivity index (χ2n) is 5.54. The van der Waals surface area contributed by atoms with Gasteiger partial charge in [0.2, 0.25) is 11.7 Å². The Balaban J connectivity index is 0.00000264. The van der Waals surface area contributed by atoms with E-state index in [1.165, 1.54) is 0 Å². The van der Waals surface area contributed by atoms with Gasteiger partial charge in [0.25, 0.3) is 0 Å². The van der Waals surface area contributed by atoms with Gasteiger partial charge in [-0.15, -0.1) is 12.4 Å². The number of hydrogen-bond donors (Lipinski definition) is 2. The van der Waals surface area contributed by atoms with Crippen LogP contribution in [-0.4, -0.2) is 32.8 Å². The average Bonchev–Trinajstić information content (AvgIpc) is 2.99. The maximum atomic E-state index is 12.3. The van der Waals surface area contributed by atoms with Gasteiger partial charge in [-0.25, -0.2) is 0 Å². The molecule has 6 nitrogen and oxygen atoms in total. The predicted molar refractivity (Wildman–Crippen MR) is 90.6 cm³/mol. The first kappa shape index (κ1) is 19.4. The molecule has 1 aromatic carbocycles. The number of benzene rings is 1. The molecule has 1 aliphatic carbocycles. The SMILES string of the molecule is COc1ccc(CNC(=O)C2(N)CCCC2)c(OC)c1OC.Cl. The summed E-state index contributed by atoms with van der Waals surface area (Å²) in [6.45, 7) is 0.335. The quantitative estimate of drug-likeness (QED) is 0.825. The van der Waals surface area contributed by atoms with E-state index in [2.05, 4.69) is 5.32 Å². The molecule has 1 aliphatic rings. The molecule has 0 aromatic heterocycles. The summed E-state index contributed by atoms with van der Waals surface area (Å²) >= 11 is 0. The number of hydrogen-bond acceptors (Lipinski definition) is 5. The molecule has 1 fully saturated rings. The molecule has 0 aliphatic heterocycles. The van der Waals surface area contributed by atoms with Crippen molar-refractivity contribution in [2.24, 2.45) is 5.73 Å². The molecule has 23 heavy (non-hydrogen) atoms. The van der Waals surface area contributed by atoms with E-state index in [0.29, 0.717) is 23.8 Å². The molecule has 3 N–H and O–H groups in total. The highest BCUT2D eigenvalue weighted by Crippen LogP contribution is 2.39. The lowest BCUT2D eigenvalue weighted by molar-refractivity contribution is -0.126. The van der Waals surface area contributed by atoms with Gasteiger partial charge in [-0.05, 0) is 25.0 Å². The van der Waals surface area contributed by atoms with Crippen molar-refractivity contribution in [1.82, 2.24) is 5.32 Å². The third kappa shape index (κ3) is 4.00. The smallest absolute Gasteiger partial charge is 0.240 e. The third-order valence-electron chi connectivity index (χ3n) is 4.17. The van der Waals surface area contributed by atoms with Crippen LogP contribution >= 0.6 is 12.4 Å². The van der Waals surface area contributed by atoms with Crippen molar-refractivity contribution >= 4 is 18.3 Å². The van der Waals surface area contributed by atoms with E-state index in [1.54, 1.807) is 27.4 Å². The molecular formula is C16H25ClN2O4. The fourth-order valence-corrected chi connectivity index (χ4v) is 2.89. The lowest BCUT2D eigenvalue weighted by Gasteiger charge is -2.23. The zero-order valence-electron chi connectivity index (χ0n) is 13.8. The number of carbonyl (C=O) groups is 1. The van der Waals surface area contributed by atoms with E-state index >= 15 is 0 Å². The molecule has 0 radical (unpaired) electrons. The van der Waals surface area contributed by atoms with Crippen LogP contribution in [0.3, 0.4) is 0 Å². The van der Waals surface area contributed by atoms with Gasteiger partial charge in [0, 0.05) is 12.1 Å². The second kappa shape index (κ2) is 8.26. The van der Waals surface area contributed by atoms with Crippen LogP contribution in [0.4, 0.5) is 0 Å². The van der Waals surface area contributed by atoms with Gasteiger partial charge in [0.1, 0.15) is 0 Å². The molecule has 0 saturated heterocycles. The van der Waals surface area contributed by atoms with Crippen LogP contribution in [0.2, 0.25) is 0 Å². The van der Waals surface area contributed by atoms with Crippen molar-refractivity contribution in [2.45, 2.75) is 37.8 Å². The van der Waals surface area contributed by atoms with E-state index < -0.39 is 5.54 Å². The van der Waals surface area contributed by atoms with Gasteiger partial charge < -0.3 is 25.3 Å². The summed E-state index contributed by atoms with van der Waals surface area (Å²) < 4.78 is 16.0. The standard InChI is InChI=1S/C16H24N2O4.ClH/c1-20-12-7-6-11(13(21-2)14(12)22-3)10-18-15(19)16(17)8-4-5-9-16;/h6-7H,4-5,8-10,17H2,1-3H3,(H,18,19);1H. The third-order valence-corrected chi connectivity index (χ3v) is 4.17. The van der Waals surface area contributed by atoms with E-state index in [0.717, 1.165) is 31.2 Å². The summed E-state index contributed by atoms with van der Waals surface area (Å²) in [5.74, 6) is 1.54. The number of methoxy groups -OCH3 is 3. The highest BCUT2D eigenvalue weighted by Gasteiger charge is 2.36. The molecule has 0 unspecified atom stereocenters. The van der Waals surface area contributed by atoms with Crippen LogP contribution in [0.1, 0.15) is 31.2 Å². The molecule has 0 spiro atoms. The van der Waals surface area contributed by atoms with Crippen molar-refractivity contribution in [2.75, 3.05) is 21.3 Å². The Bertz CT molecular complexity index is 545. The van der Waals surface area contributed by atoms with Crippen LogP contribution in [0.25, 0.3) is 0 Å².